The van der Waals surface area contributed by atoms with Crippen molar-refractivity contribution in [2.24, 2.45) is 0 Å². The number of ether oxygens (including phenoxy) is 2. The van der Waals surface area contributed by atoms with Crippen molar-refractivity contribution >= 4 is 21.9 Å². The van der Waals surface area contributed by atoms with Gasteiger partial charge in [-0.15, -0.1) is 0 Å². The molecule has 180 valence electrons. The number of carbonyl (C=O) groups excluding carboxylic acids is 1. The Morgan fingerprint density at radius 3 is 2.33 bits per heavy atom. The van der Waals surface area contributed by atoms with Crippen LogP contribution >= 0.6 is 15.9 Å². The van der Waals surface area contributed by atoms with Crippen molar-refractivity contribution in [3.05, 3.63) is 76.4 Å². The lowest BCUT2D eigenvalue weighted by atomic mass is 9.98. The quantitative estimate of drug-likeness (QED) is 0.0806. The molecule has 0 aromatic heterocycles. The van der Waals surface area contributed by atoms with Crippen LogP contribution in [0, 0.1) is 23.3 Å². The van der Waals surface area contributed by atoms with Crippen molar-refractivity contribution in [3.8, 4) is 5.75 Å². The van der Waals surface area contributed by atoms with Crippen LogP contribution < -0.4 is 4.74 Å². The Balaban J connectivity index is 1.90. The molecule has 0 N–H and O–H groups in total. The van der Waals surface area contributed by atoms with Crippen LogP contribution in [0.25, 0.3) is 0 Å². The topological polar surface area (TPSA) is 35.5 Å². The number of alkyl halides is 1. The molecule has 33 heavy (non-hydrogen) atoms. The van der Waals surface area contributed by atoms with E-state index in [1.807, 2.05) is 31.2 Å². The van der Waals surface area contributed by atoms with Crippen molar-refractivity contribution in [2.45, 2.75) is 56.9 Å². The fraction of sp³-hybridized carbons (Fsp3) is 0.400. The fourth-order valence-corrected chi connectivity index (χ4v) is 3.48. The van der Waals surface area contributed by atoms with E-state index in [9.17, 15) is 22.4 Å². The number of esters is 1. The molecule has 0 saturated carbocycles. The number of rotatable bonds is 10. The van der Waals surface area contributed by atoms with Gasteiger partial charge in [-0.1, -0.05) is 39.7 Å². The minimum absolute atomic E-state index is 0.297. The van der Waals surface area contributed by atoms with Gasteiger partial charge >= 0.3 is 5.97 Å². The van der Waals surface area contributed by atoms with Crippen LogP contribution in [0.5, 0.6) is 5.75 Å². The molecule has 3 nitrogen and oxygen atoms in total. The molecule has 0 amide bonds. The van der Waals surface area contributed by atoms with Crippen LogP contribution in [0.2, 0.25) is 0 Å². The van der Waals surface area contributed by atoms with Crippen molar-refractivity contribution in [1.82, 2.24) is 0 Å². The van der Waals surface area contributed by atoms with Gasteiger partial charge in [0.2, 0.25) is 0 Å². The van der Waals surface area contributed by atoms with Crippen LogP contribution in [-0.2, 0) is 11.2 Å². The third-order valence-corrected chi connectivity index (χ3v) is 6.87. The van der Waals surface area contributed by atoms with E-state index in [1.54, 1.807) is 21.0 Å². The van der Waals surface area contributed by atoms with E-state index in [-0.39, 0.29) is 4.83 Å². The van der Waals surface area contributed by atoms with Crippen molar-refractivity contribution in [2.75, 3.05) is 7.11 Å². The molecule has 2 aromatic carbocycles. The van der Waals surface area contributed by atoms with Gasteiger partial charge < -0.3 is 9.47 Å². The summed E-state index contributed by atoms with van der Waals surface area (Å²) in [5.74, 6) is -7.93. The molecule has 0 aliphatic heterocycles. The van der Waals surface area contributed by atoms with Gasteiger partial charge in [0, 0.05) is 0 Å². The summed E-state index contributed by atoms with van der Waals surface area (Å²) < 4.78 is 64.3. The van der Waals surface area contributed by atoms with Gasteiger partial charge in [0.25, 0.3) is 0 Å². The first-order chi connectivity index (χ1) is 15.5. The lowest BCUT2D eigenvalue weighted by molar-refractivity contribution is -0.00232. The Bertz CT molecular complexity index is 1000. The lowest BCUT2D eigenvalue weighted by Crippen LogP contribution is -2.37. The molecule has 0 bridgehead atoms. The van der Waals surface area contributed by atoms with E-state index in [2.05, 4.69) is 22.0 Å². The zero-order chi connectivity index (χ0) is 24.8. The number of hydrogen-bond acceptors (Lipinski definition) is 3. The highest BCUT2D eigenvalue weighted by molar-refractivity contribution is 9.09. The maximum absolute atomic E-state index is 13.9. The van der Waals surface area contributed by atoms with Crippen LogP contribution in [0.4, 0.5) is 17.6 Å². The monoisotopic (exact) mass is 530 g/mol. The number of halogens is 5. The van der Waals surface area contributed by atoms with Gasteiger partial charge in [-0.05, 0) is 70.2 Å². The molecule has 0 heterocycles. The summed E-state index contributed by atoms with van der Waals surface area (Å²) in [5, 5.41) is 0. The summed E-state index contributed by atoms with van der Waals surface area (Å²) in [6, 6.07) is 8.19. The van der Waals surface area contributed by atoms with Crippen LogP contribution in [0.1, 0.15) is 56.0 Å². The SMILES string of the molecule is COc1ccc(CC/C=C(\C)CCC(Br)C(C)(C)OC(=O)c2cc(F)c(F)c(F)c2F)cc1. The van der Waals surface area contributed by atoms with Crippen LogP contribution in [0.15, 0.2) is 42.0 Å². The van der Waals surface area contributed by atoms with E-state index >= 15 is 0 Å². The molecule has 0 radical (unpaired) electrons. The molecule has 0 fully saturated rings. The van der Waals surface area contributed by atoms with Crippen molar-refractivity contribution < 1.29 is 31.8 Å². The van der Waals surface area contributed by atoms with Gasteiger partial charge in [-0.3, -0.25) is 0 Å². The second-order valence-electron chi connectivity index (χ2n) is 8.28. The largest absolute Gasteiger partial charge is 0.497 e. The molecule has 8 heteroatoms. The predicted octanol–water partition coefficient (Wildman–Crippen LogP) is 7.31. The van der Waals surface area contributed by atoms with Crippen LogP contribution in [-0.4, -0.2) is 23.5 Å². The summed E-state index contributed by atoms with van der Waals surface area (Å²) in [6.07, 6.45) is 5.21. The Morgan fingerprint density at radius 1 is 1.09 bits per heavy atom. The first-order valence-corrected chi connectivity index (χ1v) is 11.4. The Labute approximate surface area is 199 Å². The molecule has 2 rings (SSSR count). The molecular formula is C25H27BrF4O3. The number of aryl methyl sites for hydroxylation is 1. The first-order valence-electron chi connectivity index (χ1n) is 10.4. The van der Waals surface area contributed by atoms with Crippen molar-refractivity contribution in [3.63, 3.8) is 0 Å². The number of methoxy groups -OCH3 is 1. The predicted molar refractivity (Wildman–Crippen MR) is 123 cm³/mol. The minimum Gasteiger partial charge on any atom is -0.497 e. The number of carbonyl (C=O) groups is 1. The highest BCUT2D eigenvalue weighted by atomic mass is 79.9. The third-order valence-electron chi connectivity index (χ3n) is 5.31. The van der Waals surface area contributed by atoms with Gasteiger partial charge in [-0.25, -0.2) is 22.4 Å². The van der Waals surface area contributed by atoms with E-state index in [0.29, 0.717) is 18.9 Å². The molecule has 0 saturated heterocycles. The smallest absolute Gasteiger partial charge is 0.341 e. The van der Waals surface area contributed by atoms with E-state index < -0.39 is 40.4 Å². The summed E-state index contributed by atoms with van der Waals surface area (Å²) in [4.78, 5) is 12.0. The van der Waals surface area contributed by atoms with Gasteiger partial charge in [0.15, 0.2) is 23.3 Å². The summed E-state index contributed by atoms with van der Waals surface area (Å²) in [5.41, 5.74) is 0.249. The first kappa shape index (κ1) is 26.9. The van der Waals surface area contributed by atoms with E-state index in [1.165, 1.54) is 5.56 Å². The molecule has 0 aliphatic rings. The zero-order valence-electron chi connectivity index (χ0n) is 19.0. The Hall–Kier alpha value is -2.35. The van der Waals surface area contributed by atoms with Gasteiger partial charge in [0.1, 0.15) is 16.9 Å². The number of allylic oxidation sites excluding steroid dienone is 2. The average Bonchev–Trinajstić information content (AvgIpc) is 2.78. The van der Waals surface area contributed by atoms with E-state index in [0.717, 1.165) is 24.2 Å². The minimum atomic E-state index is -2.05. The normalized spacial score (nSPS) is 13.1. The summed E-state index contributed by atoms with van der Waals surface area (Å²) in [6.45, 7) is 5.20. The highest BCUT2D eigenvalue weighted by Gasteiger charge is 2.34. The lowest BCUT2D eigenvalue weighted by Gasteiger charge is -2.30. The third kappa shape index (κ3) is 7.32. The molecule has 1 unspecified atom stereocenters. The molecule has 2 aromatic rings. The highest BCUT2D eigenvalue weighted by Crippen LogP contribution is 2.29. The van der Waals surface area contributed by atoms with Gasteiger partial charge in [-0.2, -0.15) is 0 Å². The Morgan fingerprint density at radius 2 is 1.73 bits per heavy atom. The number of hydrogen-bond donors (Lipinski definition) is 0. The molecule has 0 aliphatic carbocycles. The fourth-order valence-electron chi connectivity index (χ4n) is 3.16. The number of benzene rings is 2. The van der Waals surface area contributed by atoms with E-state index in [4.69, 9.17) is 9.47 Å². The summed E-state index contributed by atoms with van der Waals surface area (Å²) >= 11 is 3.49. The maximum atomic E-state index is 13.9. The molecule has 0 spiro atoms. The maximum Gasteiger partial charge on any atom is 0.341 e. The molecular weight excluding hydrogens is 504 g/mol. The Kier molecular flexibility index (Phi) is 9.52. The van der Waals surface area contributed by atoms with Crippen molar-refractivity contribution in [1.29, 1.82) is 0 Å². The second-order valence-corrected chi connectivity index (χ2v) is 9.39. The van der Waals surface area contributed by atoms with Crippen LogP contribution in [0.3, 0.4) is 0 Å². The molecule has 1 atom stereocenters. The summed E-state index contributed by atoms with van der Waals surface area (Å²) in [7, 11) is 1.63. The van der Waals surface area contributed by atoms with Gasteiger partial charge in [0.05, 0.1) is 11.9 Å². The second kappa shape index (κ2) is 11.7. The standard InChI is InChI=1S/C25H27BrF4O3/c1-15(6-5-7-16-9-11-17(32-4)12-10-16)8-13-20(26)25(2,3)33-24(31)18-14-19(27)22(29)23(30)21(18)28/h6,9-12,14,20H,5,7-8,13H2,1-4H3/b15-6+. The zero-order valence-corrected chi connectivity index (χ0v) is 20.6. The average molecular weight is 531 g/mol.